The van der Waals surface area contributed by atoms with E-state index >= 15 is 0 Å². The Kier molecular flexibility index (Phi) is 8.78. The number of nitrogens with zero attached hydrogens (tertiary/aromatic N) is 1. The molecule has 0 aliphatic heterocycles. The SMILES string of the molecule is C=C(CCCCCN(C)C(=O)CC(C)C)C(C)C. The highest BCUT2D eigenvalue weighted by molar-refractivity contribution is 5.75. The van der Waals surface area contributed by atoms with Crippen molar-refractivity contribution in [2.24, 2.45) is 11.8 Å². The first kappa shape index (κ1) is 17.2. The number of unbranched alkanes of at least 4 members (excludes halogenated alkanes) is 2. The van der Waals surface area contributed by atoms with Crippen LogP contribution in [0.25, 0.3) is 0 Å². The smallest absolute Gasteiger partial charge is 0.222 e. The highest BCUT2D eigenvalue weighted by atomic mass is 16.2. The van der Waals surface area contributed by atoms with Gasteiger partial charge in [-0.1, -0.05) is 46.3 Å². The van der Waals surface area contributed by atoms with Crippen LogP contribution in [0.1, 0.15) is 59.8 Å². The van der Waals surface area contributed by atoms with Gasteiger partial charge in [0.25, 0.3) is 0 Å². The van der Waals surface area contributed by atoms with Crippen LogP contribution in [-0.4, -0.2) is 24.4 Å². The lowest BCUT2D eigenvalue weighted by Gasteiger charge is -2.18. The Morgan fingerprint density at radius 3 is 2.22 bits per heavy atom. The number of allylic oxidation sites excluding steroid dienone is 1. The zero-order chi connectivity index (χ0) is 14.1. The topological polar surface area (TPSA) is 20.3 Å². The molecule has 0 saturated heterocycles. The summed E-state index contributed by atoms with van der Waals surface area (Å²) in [6.45, 7) is 13.5. The van der Waals surface area contributed by atoms with Gasteiger partial charge in [0.05, 0.1) is 0 Å². The molecule has 0 aromatic heterocycles. The molecule has 0 radical (unpaired) electrons. The van der Waals surface area contributed by atoms with E-state index in [-0.39, 0.29) is 5.91 Å². The Hall–Kier alpha value is -0.790. The fourth-order valence-electron chi connectivity index (χ4n) is 1.80. The summed E-state index contributed by atoms with van der Waals surface area (Å²) < 4.78 is 0. The third-order valence-electron chi connectivity index (χ3n) is 3.32. The predicted octanol–water partition coefficient (Wildman–Crippen LogP) is 4.26. The Morgan fingerprint density at radius 2 is 1.72 bits per heavy atom. The number of hydrogen-bond donors (Lipinski definition) is 0. The summed E-state index contributed by atoms with van der Waals surface area (Å²) in [5, 5.41) is 0. The number of carbonyl (C=O) groups is 1. The van der Waals surface area contributed by atoms with Crippen LogP contribution < -0.4 is 0 Å². The van der Waals surface area contributed by atoms with Gasteiger partial charge in [-0.05, 0) is 31.1 Å². The molecule has 0 unspecified atom stereocenters. The maximum absolute atomic E-state index is 11.7. The first-order valence-corrected chi connectivity index (χ1v) is 7.26. The molecule has 0 saturated carbocycles. The molecule has 18 heavy (non-hydrogen) atoms. The lowest BCUT2D eigenvalue weighted by molar-refractivity contribution is -0.130. The van der Waals surface area contributed by atoms with Crippen molar-refractivity contribution in [2.45, 2.75) is 59.8 Å². The van der Waals surface area contributed by atoms with Gasteiger partial charge in [0.1, 0.15) is 0 Å². The zero-order valence-corrected chi connectivity index (χ0v) is 13.0. The Bertz CT molecular complexity index is 256. The molecule has 0 aromatic carbocycles. The molecule has 2 heteroatoms. The van der Waals surface area contributed by atoms with Gasteiger partial charge < -0.3 is 4.90 Å². The molecule has 2 nitrogen and oxygen atoms in total. The van der Waals surface area contributed by atoms with E-state index in [1.807, 2.05) is 11.9 Å². The monoisotopic (exact) mass is 253 g/mol. The first-order chi connectivity index (χ1) is 8.34. The van der Waals surface area contributed by atoms with E-state index < -0.39 is 0 Å². The lowest BCUT2D eigenvalue weighted by atomic mass is 9.99. The summed E-state index contributed by atoms with van der Waals surface area (Å²) in [6, 6.07) is 0. The highest BCUT2D eigenvalue weighted by Crippen LogP contribution is 2.15. The molecule has 0 atom stereocenters. The molecule has 0 spiro atoms. The summed E-state index contributed by atoms with van der Waals surface area (Å²) >= 11 is 0. The van der Waals surface area contributed by atoms with E-state index in [2.05, 4.69) is 34.3 Å². The molecule has 0 heterocycles. The van der Waals surface area contributed by atoms with Crippen LogP contribution in [0.3, 0.4) is 0 Å². The van der Waals surface area contributed by atoms with Crippen molar-refractivity contribution >= 4 is 5.91 Å². The van der Waals surface area contributed by atoms with Crippen LogP contribution in [0.4, 0.5) is 0 Å². The molecule has 106 valence electrons. The molecule has 0 rings (SSSR count). The second-order valence-corrected chi connectivity index (χ2v) is 6.04. The van der Waals surface area contributed by atoms with Crippen LogP contribution in [0.15, 0.2) is 12.2 Å². The molecule has 0 aliphatic rings. The van der Waals surface area contributed by atoms with Crippen molar-refractivity contribution in [1.82, 2.24) is 4.90 Å². The standard InChI is InChI=1S/C16H31NO/c1-13(2)12-16(18)17(6)11-9-7-8-10-15(5)14(3)4/h13-14H,5,7-12H2,1-4,6H3. The van der Waals surface area contributed by atoms with Crippen molar-refractivity contribution < 1.29 is 4.79 Å². The molecular weight excluding hydrogens is 222 g/mol. The van der Waals surface area contributed by atoms with Crippen LogP contribution in [-0.2, 0) is 4.79 Å². The van der Waals surface area contributed by atoms with E-state index in [9.17, 15) is 4.79 Å². The van der Waals surface area contributed by atoms with Crippen molar-refractivity contribution in [3.05, 3.63) is 12.2 Å². The first-order valence-electron chi connectivity index (χ1n) is 7.26. The van der Waals surface area contributed by atoms with Gasteiger partial charge in [-0.15, -0.1) is 0 Å². The lowest BCUT2D eigenvalue weighted by Crippen LogP contribution is -2.28. The minimum absolute atomic E-state index is 0.275. The fraction of sp³-hybridized carbons (Fsp3) is 0.812. The van der Waals surface area contributed by atoms with Crippen LogP contribution in [0.2, 0.25) is 0 Å². The Labute approximate surface area is 113 Å². The maximum atomic E-state index is 11.7. The van der Waals surface area contributed by atoms with Gasteiger partial charge in [-0.25, -0.2) is 0 Å². The van der Waals surface area contributed by atoms with Crippen molar-refractivity contribution in [1.29, 1.82) is 0 Å². The number of hydrogen-bond acceptors (Lipinski definition) is 1. The maximum Gasteiger partial charge on any atom is 0.222 e. The summed E-state index contributed by atoms with van der Waals surface area (Å²) in [7, 11) is 1.91. The van der Waals surface area contributed by atoms with Crippen LogP contribution >= 0.6 is 0 Å². The van der Waals surface area contributed by atoms with Gasteiger partial charge in [-0.2, -0.15) is 0 Å². The third-order valence-corrected chi connectivity index (χ3v) is 3.32. The summed E-state index contributed by atoms with van der Waals surface area (Å²) in [6.07, 6.45) is 5.28. The Balaban J connectivity index is 3.60. The fourth-order valence-corrected chi connectivity index (χ4v) is 1.80. The molecule has 0 aromatic rings. The second-order valence-electron chi connectivity index (χ2n) is 6.04. The highest BCUT2D eigenvalue weighted by Gasteiger charge is 2.09. The average molecular weight is 253 g/mol. The van der Waals surface area contributed by atoms with Crippen molar-refractivity contribution in [2.75, 3.05) is 13.6 Å². The van der Waals surface area contributed by atoms with Crippen LogP contribution in [0, 0.1) is 11.8 Å². The normalized spacial score (nSPS) is 11.1. The Morgan fingerprint density at radius 1 is 1.11 bits per heavy atom. The molecule has 0 N–H and O–H groups in total. The largest absolute Gasteiger partial charge is 0.346 e. The van der Waals surface area contributed by atoms with E-state index in [1.165, 1.54) is 18.4 Å². The van der Waals surface area contributed by atoms with Gasteiger partial charge in [-0.3, -0.25) is 4.79 Å². The van der Waals surface area contributed by atoms with Gasteiger partial charge in [0.15, 0.2) is 0 Å². The minimum atomic E-state index is 0.275. The summed E-state index contributed by atoms with van der Waals surface area (Å²) in [5.74, 6) is 1.33. The quantitative estimate of drug-likeness (QED) is 0.444. The number of amides is 1. The molecular formula is C16H31NO. The molecule has 0 aliphatic carbocycles. The van der Waals surface area contributed by atoms with E-state index in [0.717, 1.165) is 19.4 Å². The molecule has 0 fully saturated rings. The van der Waals surface area contributed by atoms with Gasteiger partial charge in [0, 0.05) is 20.0 Å². The van der Waals surface area contributed by atoms with Crippen molar-refractivity contribution in [3.8, 4) is 0 Å². The predicted molar refractivity (Wildman–Crippen MR) is 79.5 cm³/mol. The van der Waals surface area contributed by atoms with Gasteiger partial charge in [0.2, 0.25) is 5.91 Å². The number of rotatable bonds is 9. The van der Waals surface area contributed by atoms with Crippen molar-refractivity contribution in [3.63, 3.8) is 0 Å². The molecule has 1 amide bonds. The van der Waals surface area contributed by atoms with Gasteiger partial charge >= 0.3 is 0 Å². The summed E-state index contributed by atoms with van der Waals surface area (Å²) in [5.41, 5.74) is 1.35. The van der Waals surface area contributed by atoms with E-state index in [4.69, 9.17) is 0 Å². The summed E-state index contributed by atoms with van der Waals surface area (Å²) in [4.78, 5) is 13.6. The van der Waals surface area contributed by atoms with E-state index in [1.54, 1.807) is 0 Å². The van der Waals surface area contributed by atoms with Crippen LogP contribution in [0.5, 0.6) is 0 Å². The minimum Gasteiger partial charge on any atom is -0.346 e. The third kappa shape index (κ3) is 8.32. The second kappa shape index (κ2) is 9.18. The number of carbonyl (C=O) groups excluding carboxylic acids is 1. The van der Waals surface area contributed by atoms with E-state index in [0.29, 0.717) is 18.3 Å². The molecule has 0 bridgehead atoms. The average Bonchev–Trinajstić information content (AvgIpc) is 2.26. The zero-order valence-electron chi connectivity index (χ0n) is 13.0.